The van der Waals surface area contributed by atoms with Gasteiger partial charge in [0.05, 0.1) is 0 Å². The summed E-state index contributed by atoms with van der Waals surface area (Å²) in [5, 5.41) is 12.9. The van der Waals surface area contributed by atoms with Crippen LogP contribution in [0.3, 0.4) is 0 Å². The van der Waals surface area contributed by atoms with E-state index in [4.69, 9.17) is 0 Å². The average molecular weight is 319 g/mol. The second-order valence-electron chi connectivity index (χ2n) is 4.69. The molecule has 0 bridgehead atoms. The van der Waals surface area contributed by atoms with Gasteiger partial charge in [-0.15, -0.1) is 21.5 Å². The number of hydrogen-bond donors (Lipinski definition) is 0. The molecule has 0 saturated heterocycles. The highest BCUT2D eigenvalue weighted by Crippen LogP contribution is 2.35. The molecular weight excluding hydrogens is 298 g/mol. The summed E-state index contributed by atoms with van der Waals surface area (Å²) in [6, 6.07) is 4.22. The molecule has 0 fully saturated rings. The summed E-state index contributed by atoms with van der Waals surface area (Å²) in [6.07, 6.45) is 0. The second-order valence-corrected chi connectivity index (χ2v) is 6.73. The maximum absolute atomic E-state index is 4.37. The fourth-order valence-electron chi connectivity index (χ4n) is 2.27. The van der Waals surface area contributed by atoms with Crippen molar-refractivity contribution in [1.82, 2.24) is 14.8 Å². The largest absolute Gasteiger partial charge is 0.293 e. The fraction of sp³-hybridized carbons (Fsp3) is 0.375. The minimum absolute atomic E-state index is 0.944. The predicted molar refractivity (Wildman–Crippen MR) is 92.8 cm³/mol. The fourth-order valence-corrected chi connectivity index (χ4v) is 4.31. The molecule has 0 aliphatic carbocycles. The molecule has 3 heterocycles. The van der Waals surface area contributed by atoms with Gasteiger partial charge in [0.2, 0.25) is 5.13 Å². The van der Waals surface area contributed by atoms with Crippen molar-refractivity contribution < 1.29 is 0 Å². The van der Waals surface area contributed by atoms with Crippen molar-refractivity contribution >= 4 is 22.7 Å². The van der Waals surface area contributed by atoms with E-state index < -0.39 is 0 Å². The van der Waals surface area contributed by atoms with E-state index in [1.165, 1.54) is 27.4 Å². The van der Waals surface area contributed by atoms with Crippen LogP contribution >= 0.6 is 22.7 Å². The van der Waals surface area contributed by atoms with E-state index in [9.17, 15) is 0 Å². The highest BCUT2D eigenvalue weighted by atomic mass is 32.1. The van der Waals surface area contributed by atoms with Crippen LogP contribution in [0.4, 0.5) is 0 Å². The van der Waals surface area contributed by atoms with Crippen LogP contribution in [0.1, 0.15) is 35.7 Å². The minimum atomic E-state index is 0.944. The normalized spacial score (nSPS) is 10.4. The Hall–Kier alpha value is -1.46. The zero-order chi connectivity index (χ0) is 15.6. The van der Waals surface area contributed by atoms with Crippen molar-refractivity contribution in [3.63, 3.8) is 0 Å². The van der Waals surface area contributed by atoms with Crippen molar-refractivity contribution in [2.24, 2.45) is 0 Å². The molecule has 3 nitrogen and oxygen atoms in total. The average Bonchev–Trinajstić information content (AvgIpc) is 3.14. The third-order valence-electron chi connectivity index (χ3n) is 3.25. The first kappa shape index (κ1) is 15.9. The maximum atomic E-state index is 4.37. The van der Waals surface area contributed by atoms with Gasteiger partial charge in [-0.25, -0.2) is 0 Å². The Bertz CT molecular complexity index is 635. The number of thiophene rings is 1. The lowest BCUT2D eigenvalue weighted by molar-refractivity contribution is 0.913. The molecule has 0 atom stereocenters. The molecule has 112 valence electrons. The van der Waals surface area contributed by atoms with Gasteiger partial charge in [0.1, 0.15) is 0 Å². The van der Waals surface area contributed by atoms with E-state index in [0.717, 1.165) is 10.1 Å². The van der Waals surface area contributed by atoms with Crippen molar-refractivity contribution in [2.75, 3.05) is 0 Å². The Balaban J connectivity index is 0.000000774. The molecule has 0 unspecified atom stereocenters. The molecule has 0 aliphatic heterocycles. The highest BCUT2D eigenvalue weighted by molar-refractivity contribution is 7.17. The first-order valence-corrected chi connectivity index (χ1v) is 8.81. The molecular formula is C16H21N3S2. The summed E-state index contributed by atoms with van der Waals surface area (Å²) in [6.45, 7) is 12.5. The summed E-state index contributed by atoms with van der Waals surface area (Å²) in [5.74, 6) is 0. The van der Waals surface area contributed by atoms with Gasteiger partial charge in [0.15, 0.2) is 5.01 Å². The van der Waals surface area contributed by atoms with Crippen LogP contribution in [-0.4, -0.2) is 14.8 Å². The number of rotatable bonds is 2. The highest BCUT2D eigenvalue weighted by Gasteiger charge is 2.15. The quantitative estimate of drug-likeness (QED) is 0.640. The van der Waals surface area contributed by atoms with Crippen LogP contribution < -0.4 is 0 Å². The lowest BCUT2D eigenvalue weighted by Crippen LogP contribution is -1.97. The second kappa shape index (κ2) is 6.54. The van der Waals surface area contributed by atoms with Gasteiger partial charge in [-0.3, -0.25) is 4.57 Å². The van der Waals surface area contributed by atoms with Crippen molar-refractivity contribution in [3.05, 3.63) is 39.3 Å². The number of hydrogen-bond acceptors (Lipinski definition) is 4. The van der Waals surface area contributed by atoms with Crippen LogP contribution in [0.5, 0.6) is 0 Å². The summed E-state index contributed by atoms with van der Waals surface area (Å²) >= 11 is 3.42. The molecule has 0 aromatic carbocycles. The van der Waals surface area contributed by atoms with E-state index in [0.29, 0.717) is 0 Å². The number of nitrogens with zero attached hydrogens (tertiary/aromatic N) is 3. The monoisotopic (exact) mass is 319 g/mol. The zero-order valence-corrected chi connectivity index (χ0v) is 15.0. The minimum Gasteiger partial charge on any atom is -0.293 e. The van der Waals surface area contributed by atoms with Crippen molar-refractivity contribution in [2.45, 2.75) is 41.5 Å². The third kappa shape index (κ3) is 2.94. The molecule has 5 heteroatoms. The molecule has 0 aliphatic rings. The number of aromatic nitrogens is 3. The summed E-state index contributed by atoms with van der Waals surface area (Å²) in [4.78, 5) is 1.31. The van der Waals surface area contributed by atoms with E-state index in [-0.39, 0.29) is 0 Å². The molecule has 0 spiro atoms. The van der Waals surface area contributed by atoms with E-state index >= 15 is 0 Å². The first-order chi connectivity index (χ1) is 10.1. The predicted octanol–water partition coefficient (Wildman–Crippen LogP) is 5.32. The van der Waals surface area contributed by atoms with Crippen molar-refractivity contribution in [1.29, 1.82) is 0 Å². The molecule has 3 aromatic rings. The SMILES string of the molecule is CC.Cc1csc(C)c1-c1nnc(-n2c(C)ccc2C)s1. The lowest BCUT2D eigenvalue weighted by atomic mass is 10.2. The Morgan fingerprint density at radius 1 is 0.952 bits per heavy atom. The maximum Gasteiger partial charge on any atom is 0.217 e. The molecule has 0 N–H and O–H groups in total. The Labute approximate surface area is 134 Å². The molecule has 0 saturated carbocycles. The standard InChI is InChI=1S/C14H15N3S2.C2H6/c1-8-7-18-11(4)12(8)13-15-16-14(19-13)17-9(2)5-6-10(17)3;1-2/h5-7H,1-4H3;1-2H3. The molecule has 3 aromatic heterocycles. The Morgan fingerprint density at radius 3 is 2.10 bits per heavy atom. The van der Waals surface area contributed by atoms with E-state index in [2.05, 4.69) is 60.0 Å². The summed E-state index contributed by atoms with van der Waals surface area (Å²) < 4.78 is 2.15. The van der Waals surface area contributed by atoms with Crippen LogP contribution in [0.2, 0.25) is 0 Å². The van der Waals surface area contributed by atoms with Gasteiger partial charge in [-0.05, 0) is 50.8 Å². The van der Waals surface area contributed by atoms with Gasteiger partial charge in [0.25, 0.3) is 0 Å². The van der Waals surface area contributed by atoms with Gasteiger partial charge in [0, 0.05) is 21.8 Å². The smallest absolute Gasteiger partial charge is 0.217 e. The molecule has 0 amide bonds. The Kier molecular flexibility index (Phi) is 4.96. The van der Waals surface area contributed by atoms with E-state index in [1.54, 1.807) is 22.7 Å². The molecule has 21 heavy (non-hydrogen) atoms. The molecule has 0 radical (unpaired) electrons. The van der Waals surface area contributed by atoms with Gasteiger partial charge >= 0.3 is 0 Å². The van der Waals surface area contributed by atoms with E-state index in [1.807, 2.05) is 13.8 Å². The summed E-state index contributed by atoms with van der Waals surface area (Å²) in [7, 11) is 0. The van der Waals surface area contributed by atoms with Crippen LogP contribution in [-0.2, 0) is 0 Å². The Morgan fingerprint density at radius 2 is 1.57 bits per heavy atom. The summed E-state index contributed by atoms with van der Waals surface area (Å²) in [5.41, 5.74) is 4.92. The lowest BCUT2D eigenvalue weighted by Gasteiger charge is -2.02. The van der Waals surface area contributed by atoms with Gasteiger partial charge in [-0.2, -0.15) is 0 Å². The first-order valence-electron chi connectivity index (χ1n) is 7.12. The topological polar surface area (TPSA) is 30.7 Å². The van der Waals surface area contributed by atoms with Crippen LogP contribution in [0.25, 0.3) is 15.7 Å². The number of aryl methyl sites for hydroxylation is 4. The van der Waals surface area contributed by atoms with Crippen molar-refractivity contribution in [3.8, 4) is 15.7 Å². The van der Waals surface area contributed by atoms with Crippen LogP contribution in [0.15, 0.2) is 17.5 Å². The van der Waals surface area contributed by atoms with Gasteiger partial charge in [-0.1, -0.05) is 25.2 Å². The zero-order valence-electron chi connectivity index (χ0n) is 13.4. The molecule has 3 rings (SSSR count). The van der Waals surface area contributed by atoms with Crippen LogP contribution in [0, 0.1) is 27.7 Å². The van der Waals surface area contributed by atoms with Gasteiger partial charge < -0.3 is 0 Å². The third-order valence-corrected chi connectivity index (χ3v) is 5.20.